The minimum atomic E-state index is -0.628. The minimum Gasteiger partial charge on any atom is -0.507 e. The third-order valence-electron chi connectivity index (χ3n) is 7.08. The summed E-state index contributed by atoms with van der Waals surface area (Å²) >= 11 is 1.73. The van der Waals surface area contributed by atoms with Gasteiger partial charge >= 0.3 is 5.69 Å². The van der Waals surface area contributed by atoms with E-state index in [9.17, 15) is 29.0 Å². The number of carbonyl (C=O) groups is 1. The van der Waals surface area contributed by atoms with Crippen LogP contribution >= 0.6 is 11.8 Å². The number of hydrogen-bond acceptors (Lipinski definition) is 7. The van der Waals surface area contributed by atoms with Crippen molar-refractivity contribution in [2.24, 2.45) is 0 Å². The summed E-state index contributed by atoms with van der Waals surface area (Å²) in [4.78, 5) is 43.7. The Bertz CT molecular complexity index is 1420. The van der Waals surface area contributed by atoms with Crippen LogP contribution in [0.2, 0.25) is 0 Å². The van der Waals surface area contributed by atoms with E-state index in [4.69, 9.17) is 0 Å². The van der Waals surface area contributed by atoms with Crippen LogP contribution in [0.5, 0.6) is 5.75 Å². The number of benzene rings is 1. The molecule has 1 amide bonds. The Balaban J connectivity index is 1.39. The van der Waals surface area contributed by atoms with Crippen molar-refractivity contribution in [3.63, 3.8) is 0 Å². The van der Waals surface area contributed by atoms with Crippen LogP contribution in [0, 0.1) is 5.82 Å². The molecule has 0 bridgehead atoms. The number of hydrogen-bond donors (Lipinski definition) is 3. The van der Waals surface area contributed by atoms with Crippen LogP contribution in [0.3, 0.4) is 0 Å². The number of aromatic hydroxyl groups is 1. The summed E-state index contributed by atoms with van der Waals surface area (Å²) < 4.78 is 16.8. The molecule has 1 saturated heterocycles. The molecule has 190 valence electrons. The minimum absolute atomic E-state index is 0.0845. The summed E-state index contributed by atoms with van der Waals surface area (Å²) in [6.07, 6.45) is 3.84. The maximum absolute atomic E-state index is 14.0. The third kappa shape index (κ3) is 4.53. The molecule has 1 saturated carbocycles. The van der Waals surface area contributed by atoms with E-state index in [1.165, 1.54) is 22.8 Å². The van der Waals surface area contributed by atoms with Crippen LogP contribution < -0.4 is 16.6 Å². The summed E-state index contributed by atoms with van der Waals surface area (Å²) in [6, 6.07) is 4.83. The molecule has 2 aliphatic rings. The molecule has 36 heavy (non-hydrogen) atoms. The summed E-state index contributed by atoms with van der Waals surface area (Å²) in [7, 11) is 0. The van der Waals surface area contributed by atoms with Crippen molar-refractivity contribution in [1.29, 1.82) is 0 Å². The molecule has 1 atom stereocenters. The van der Waals surface area contributed by atoms with Gasteiger partial charge in [0.15, 0.2) is 0 Å². The van der Waals surface area contributed by atoms with E-state index in [0.29, 0.717) is 31.2 Å². The van der Waals surface area contributed by atoms with Gasteiger partial charge in [-0.1, -0.05) is 6.07 Å². The number of rotatable bonds is 5. The zero-order chi connectivity index (χ0) is 25.4. The van der Waals surface area contributed by atoms with E-state index in [1.807, 2.05) is 0 Å². The maximum Gasteiger partial charge on any atom is 0.333 e. The molecule has 2 aromatic heterocycles. The van der Waals surface area contributed by atoms with E-state index in [0.717, 1.165) is 30.2 Å². The Kier molecular flexibility index (Phi) is 6.85. The number of aromatic nitrogens is 3. The molecule has 1 aromatic carbocycles. The van der Waals surface area contributed by atoms with Crippen molar-refractivity contribution in [2.75, 3.05) is 11.5 Å². The number of thioether (sulfide) groups is 1. The molecule has 1 aliphatic heterocycles. The van der Waals surface area contributed by atoms with Crippen LogP contribution in [0.15, 0.2) is 40.1 Å². The quantitative estimate of drug-likeness (QED) is 0.478. The van der Waals surface area contributed by atoms with Gasteiger partial charge < -0.3 is 15.5 Å². The first kappa shape index (κ1) is 24.5. The second-order valence-electron chi connectivity index (χ2n) is 9.36. The second-order valence-corrected chi connectivity index (χ2v) is 10.5. The number of pyridine rings is 1. The lowest BCUT2D eigenvalue weighted by Gasteiger charge is -2.31. The number of aliphatic hydroxyl groups excluding tert-OH is 1. The monoisotopic (exact) mass is 514 g/mol. The molecule has 1 aliphatic carbocycles. The predicted molar refractivity (Wildman–Crippen MR) is 134 cm³/mol. The van der Waals surface area contributed by atoms with Gasteiger partial charge in [0.05, 0.1) is 29.8 Å². The number of amides is 1. The van der Waals surface area contributed by atoms with Gasteiger partial charge in [0.1, 0.15) is 17.2 Å². The summed E-state index contributed by atoms with van der Waals surface area (Å²) in [6.45, 7) is -0.247. The Labute approximate surface area is 210 Å². The molecule has 1 unspecified atom stereocenters. The van der Waals surface area contributed by atoms with Crippen LogP contribution in [-0.4, -0.2) is 47.8 Å². The van der Waals surface area contributed by atoms with Crippen molar-refractivity contribution in [2.45, 2.75) is 56.8 Å². The zero-order valence-corrected chi connectivity index (χ0v) is 20.3. The highest BCUT2D eigenvalue weighted by atomic mass is 32.2. The first-order valence-electron chi connectivity index (χ1n) is 12.0. The van der Waals surface area contributed by atoms with E-state index in [-0.39, 0.29) is 47.1 Å². The normalized spacial score (nSPS) is 22.1. The first-order chi connectivity index (χ1) is 17.4. The van der Waals surface area contributed by atoms with E-state index < -0.39 is 23.0 Å². The van der Waals surface area contributed by atoms with Gasteiger partial charge in [-0.2, -0.15) is 11.8 Å². The third-order valence-corrected chi connectivity index (χ3v) is 8.22. The largest absolute Gasteiger partial charge is 0.507 e. The van der Waals surface area contributed by atoms with Gasteiger partial charge in [-0.3, -0.25) is 18.7 Å². The number of nitrogens with zero attached hydrogens (tertiary/aromatic N) is 3. The van der Waals surface area contributed by atoms with Crippen molar-refractivity contribution in [1.82, 2.24) is 19.4 Å². The highest BCUT2D eigenvalue weighted by Crippen LogP contribution is 2.31. The molecular formula is C25H27FN4O5S. The molecular weight excluding hydrogens is 487 g/mol. The number of carbonyl (C=O) groups excluding carboxylic acids is 1. The number of aliphatic hydroxyl groups is 1. The lowest BCUT2D eigenvalue weighted by atomic mass is 9.90. The highest BCUT2D eigenvalue weighted by molar-refractivity contribution is 7.99. The Morgan fingerprint density at radius 3 is 2.58 bits per heavy atom. The topological polar surface area (TPSA) is 126 Å². The van der Waals surface area contributed by atoms with Crippen molar-refractivity contribution < 1.29 is 19.4 Å². The van der Waals surface area contributed by atoms with Gasteiger partial charge in [0, 0.05) is 17.8 Å². The van der Waals surface area contributed by atoms with Gasteiger partial charge in [-0.25, -0.2) is 14.2 Å². The average molecular weight is 515 g/mol. The molecule has 11 heteroatoms. The Morgan fingerprint density at radius 2 is 1.89 bits per heavy atom. The van der Waals surface area contributed by atoms with Crippen LogP contribution in [0.1, 0.15) is 60.1 Å². The molecule has 3 aromatic rings. The van der Waals surface area contributed by atoms with Crippen LogP contribution in [0.4, 0.5) is 4.39 Å². The molecule has 9 nitrogen and oxygen atoms in total. The van der Waals surface area contributed by atoms with E-state index in [2.05, 4.69) is 10.3 Å². The number of halogens is 1. The first-order valence-corrected chi connectivity index (χ1v) is 13.2. The standard InChI is InChI=1S/C25H27FN4O5S/c26-15-10-20-22(27-11-15)29(18-7-8-36-13-18)25(35)30(24(20)34)17-4-2-16(3-5-17)28-23(33)19-9-14(12-31)1-6-21(19)32/h1,6,9-11,16-18,31-32H,2-5,7-8,12-13H2,(H,28,33)/t16-,17+,18?. The van der Waals surface area contributed by atoms with E-state index in [1.54, 1.807) is 16.3 Å². The lowest BCUT2D eigenvalue weighted by molar-refractivity contribution is 0.0919. The van der Waals surface area contributed by atoms with E-state index >= 15 is 0 Å². The Hall–Kier alpha value is -3.18. The average Bonchev–Trinajstić information content (AvgIpc) is 3.40. The Morgan fingerprint density at radius 1 is 1.11 bits per heavy atom. The number of fused-ring (bicyclic) bond motifs is 1. The number of nitrogens with one attached hydrogen (secondary N) is 1. The lowest BCUT2D eigenvalue weighted by Crippen LogP contribution is -2.46. The number of phenols is 1. The number of phenolic OH excluding ortho intramolecular Hbond substituents is 1. The van der Waals surface area contributed by atoms with Gasteiger partial charge in [-0.05, 0) is 61.6 Å². The molecule has 2 fully saturated rings. The molecule has 3 N–H and O–H groups in total. The highest BCUT2D eigenvalue weighted by Gasteiger charge is 2.30. The van der Waals surface area contributed by atoms with Crippen LogP contribution in [0.25, 0.3) is 11.0 Å². The van der Waals surface area contributed by atoms with Crippen molar-refractivity contribution in [3.05, 3.63) is 68.2 Å². The summed E-state index contributed by atoms with van der Waals surface area (Å²) in [5.41, 5.74) is -0.137. The maximum atomic E-state index is 14.0. The fourth-order valence-corrected chi connectivity index (χ4v) is 6.38. The van der Waals surface area contributed by atoms with Crippen molar-refractivity contribution in [3.8, 4) is 5.75 Å². The fourth-order valence-electron chi connectivity index (χ4n) is 5.19. The van der Waals surface area contributed by atoms with Crippen molar-refractivity contribution >= 4 is 28.7 Å². The molecule has 5 rings (SSSR count). The second kappa shape index (κ2) is 10.1. The van der Waals surface area contributed by atoms with Gasteiger partial charge in [0.2, 0.25) is 0 Å². The van der Waals surface area contributed by atoms with Gasteiger partial charge in [0.25, 0.3) is 11.5 Å². The molecule has 3 heterocycles. The summed E-state index contributed by atoms with van der Waals surface area (Å²) in [5.74, 6) is 0.386. The summed E-state index contributed by atoms with van der Waals surface area (Å²) in [5, 5.41) is 22.4. The SMILES string of the molecule is O=C(N[C@H]1CC[C@@H](n2c(=O)c3cc(F)cnc3n(C3CCSC3)c2=O)CC1)c1cc(CO)ccc1O. The molecule has 0 radical (unpaired) electrons. The molecule has 0 spiro atoms. The smallest absolute Gasteiger partial charge is 0.333 e. The van der Waals surface area contributed by atoms with Gasteiger partial charge in [-0.15, -0.1) is 0 Å². The fraction of sp³-hybridized carbons (Fsp3) is 0.440. The predicted octanol–water partition coefficient (Wildman–Crippen LogP) is 2.49. The van der Waals surface area contributed by atoms with Crippen LogP contribution in [-0.2, 0) is 6.61 Å². The zero-order valence-electron chi connectivity index (χ0n) is 19.5.